The van der Waals surface area contributed by atoms with Crippen molar-refractivity contribution in [3.05, 3.63) is 18.2 Å². The summed E-state index contributed by atoms with van der Waals surface area (Å²) in [5, 5.41) is 0. The third-order valence-electron chi connectivity index (χ3n) is 2.70. The van der Waals surface area contributed by atoms with Crippen molar-refractivity contribution < 1.29 is 4.79 Å². The van der Waals surface area contributed by atoms with E-state index in [0.717, 1.165) is 18.8 Å². The zero-order valence-corrected chi connectivity index (χ0v) is 10.3. The van der Waals surface area contributed by atoms with Gasteiger partial charge in [0.15, 0.2) is 11.6 Å². The molecule has 0 radical (unpaired) electrons. The second kappa shape index (κ2) is 7.20. The van der Waals surface area contributed by atoms with E-state index in [1.54, 1.807) is 12.4 Å². The van der Waals surface area contributed by atoms with Crippen LogP contribution >= 0.6 is 0 Å². The summed E-state index contributed by atoms with van der Waals surface area (Å²) in [6.45, 7) is 4.50. The van der Waals surface area contributed by atoms with Crippen LogP contribution in [0.15, 0.2) is 12.4 Å². The monoisotopic (exact) mass is 222 g/mol. The van der Waals surface area contributed by atoms with E-state index in [4.69, 9.17) is 0 Å². The SMILES string of the molecule is CC(C)CCCCCCC(=O)c1ncc[nH]1. The van der Waals surface area contributed by atoms with E-state index in [2.05, 4.69) is 23.8 Å². The molecule has 0 amide bonds. The van der Waals surface area contributed by atoms with Crippen LogP contribution < -0.4 is 0 Å². The highest BCUT2D eigenvalue weighted by molar-refractivity contribution is 5.92. The number of hydrogen-bond donors (Lipinski definition) is 1. The molecule has 3 heteroatoms. The van der Waals surface area contributed by atoms with Crippen LogP contribution in [-0.2, 0) is 0 Å². The summed E-state index contributed by atoms with van der Waals surface area (Å²) in [5.41, 5.74) is 0. The number of unbranched alkanes of at least 4 members (excludes halogenated alkanes) is 3. The van der Waals surface area contributed by atoms with Crippen LogP contribution in [0.1, 0.15) is 63.0 Å². The molecule has 3 nitrogen and oxygen atoms in total. The molecule has 16 heavy (non-hydrogen) atoms. The smallest absolute Gasteiger partial charge is 0.198 e. The number of rotatable bonds is 8. The van der Waals surface area contributed by atoms with Crippen LogP contribution in [0.25, 0.3) is 0 Å². The molecule has 0 aliphatic heterocycles. The number of nitrogens with zero attached hydrogens (tertiary/aromatic N) is 1. The number of Topliss-reactive ketones (excluding diaryl/α,β-unsaturated/α-hetero) is 1. The van der Waals surface area contributed by atoms with E-state index < -0.39 is 0 Å². The average Bonchev–Trinajstić information content (AvgIpc) is 2.75. The molecule has 0 unspecified atom stereocenters. The fourth-order valence-corrected chi connectivity index (χ4v) is 1.73. The highest BCUT2D eigenvalue weighted by Gasteiger charge is 2.06. The van der Waals surface area contributed by atoms with Gasteiger partial charge in [0, 0.05) is 18.8 Å². The molecule has 1 rings (SSSR count). The minimum atomic E-state index is 0.133. The van der Waals surface area contributed by atoms with E-state index in [-0.39, 0.29) is 5.78 Å². The van der Waals surface area contributed by atoms with Gasteiger partial charge < -0.3 is 4.98 Å². The first-order chi connectivity index (χ1) is 7.70. The van der Waals surface area contributed by atoms with Gasteiger partial charge in [0.1, 0.15) is 0 Å². The Hall–Kier alpha value is -1.12. The first-order valence-corrected chi connectivity index (χ1v) is 6.22. The van der Waals surface area contributed by atoms with E-state index in [1.165, 1.54) is 19.3 Å². The summed E-state index contributed by atoms with van der Waals surface area (Å²) in [4.78, 5) is 18.3. The van der Waals surface area contributed by atoms with Crippen molar-refractivity contribution in [1.29, 1.82) is 0 Å². The van der Waals surface area contributed by atoms with Gasteiger partial charge in [0.2, 0.25) is 0 Å². The number of carbonyl (C=O) groups is 1. The Morgan fingerprint density at radius 2 is 2.06 bits per heavy atom. The van der Waals surface area contributed by atoms with Gasteiger partial charge in [-0.3, -0.25) is 4.79 Å². The zero-order valence-electron chi connectivity index (χ0n) is 10.3. The maximum absolute atomic E-state index is 11.6. The molecule has 0 aliphatic carbocycles. The van der Waals surface area contributed by atoms with Crippen LogP contribution in [0.2, 0.25) is 0 Å². The average molecular weight is 222 g/mol. The highest BCUT2D eigenvalue weighted by atomic mass is 16.1. The second-order valence-electron chi connectivity index (χ2n) is 4.71. The van der Waals surface area contributed by atoms with E-state index in [9.17, 15) is 4.79 Å². The largest absolute Gasteiger partial charge is 0.342 e. The quantitative estimate of drug-likeness (QED) is 0.539. The lowest BCUT2D eigenvalue weighted by Crippen LogP contribution is -2.01. The molecular formula is C13H22N2O. The molecule has 0 saturated carbocycles. The van der Waals surface area contributed by atoms with Gasteiger partial charge in [0.05, 0.1) is 0 Å². The van der Waals surface area contributed by atoms with Crippen molar-refractivity contribution in [2.75, 3.05) is 0 Å². The maximum Gasteiger partial charge on any atom is 0.198 e. The summed E-state index contributed by atoms with van der Waals surface area (Å²) >= 11 is 0. The Morgan fingerprint density at radius 3 is 2.69 bits per heavy atom. The minimum absolute atomic E-state index is 0.133. The van der Waals surface area contributed by atoms with Crippen LogP contribution in [0, 0.1) is 5.92 Å². The molecule has 90 valence electrons. The van der Waals surface area contributed by atoms with Gasteiger partial charge in [-0.25, -0.2) is 4.98 Å². The predicted octanol–water partition coefficient (Wildman–Crippen LogP) is 3.59. The van der Waals surface area contributed by atoms with Crippen LogP contribution in [0.4, 0.5) is 0 Å². The van der Waals surface area contributed by atoms with Gasteiger partial charge in [-0.15, -0.1) is 0 Å². The highest BCUT2D eigenvalue weighted by Crippen LogP contribution is 2.11. The van der Waals surface area contributed by atoms with Gasteiger partial charge in [-0.1, -0.05) is 39.5 Å². The number of H-pyrrole nitrogens is 1. The molecule has 0 aromatic carbocycles. The minimum Gasteiger partial charge on any atom is -0.342 e. The first-order valence-electron chi connectivity index (χ1n) is 6.22. The zero-order chi connectivity index (χ0) is 11.8. The Kier molecular flexibility index (Phi) is 5.83. The molecule has 1 aromatic heterocycles. The summed E-state index contributed by atoms with van der Waals surface area (Å²) in [6.07, 6.45) is 9.89. The summed E-state index contributed by atoms with van der Waals surface area (Å²) in [6, 6.07) is 0. The fraction of sp³-hybridized carbons (Fsp3) is 0.692. The van der Waals surface area contributed by atoms with Crippen molar-refractivity contribution in [1.82, 2.24) is 9.97 Å². The number of nitrogens with one attached hydrogen (secondary N) is 1. The third-order valence-corrected chi connectivity index (χ3v) is 2.70. The maximum atomic E-state index is 11.6. The number of hydrogen-bond acceptors (Lipinski definition) is 2. The normalized spacial score (nSPS) is 10.9. The van der Waals surface area contributed by atoms with Gasteiger partial charge in [-0.05, 0) is 12.3 Å². The number of aromatic nitrogens is 2. The lowest BCUT2D eigenvalue weighted by molar-refractivity contribution is 0.0970. The Labute approximate surface area is 97.7 Å². The molecule has 0 atom stereocenters. The van der Waals surface area contributed by atoms with Gasteiger partial charge >= 0.3 is 0 Å². The molecule has 1 aromatic rings. The Morgan fingerprint density at radius 1 is 1.31 bits per heavy atom. The van der Waals surface area contributed by atoms with Gasteiger partial charge in [-0.2, -0.15) is 0 Å². The van der Waals surface area contributed by atoms with Crippen molar-refractivity contribution in [2.45, 2.75) is 52.4 Å². The van der Waals surface area contributed by atoms with E-state index in [1.807, 2.05) is 0 Å². The van der Waals surface area contributed by atoms with Crippen molar-refractivity contribution in [3.8, 4) is 0 Å². The summed E-state index contributed by atoms with van der Waals surface area (Å²) in [7, 11) is 0. The lowest BCUT2D eigenvalue weighted by atomic mass is 10.0. The molecule has 0 saturated heterocycles. The van der Waals surface area contributed by atoms with E-state index in [0.29, 0.717) is 12.2 Å². The molecule has 0 spiro atoms. The van der Waals surface area contributed by atoms with Crippen LogP contribution in [0.3, 0.4) is 0 Å². The summed E-state index contributed by atoms with van der Waals surface area (Å²) in [5.74, 6) is 1.43. The number of ketones is 1. The number of imidazole rings is 1. The van der Waals surface area contributed by atoms with Gasteiger partial charge in [0.25, 0.3) is 0 Å². The first kappa shape index (κ1) is 12.9. The molecule has 0 fully saturated rings. The second-order valence-corrected chi connectivity index (χ2v) is 4.71. The van der Waals surface area contributed by atoms with E-state index >= 15 is 0 Å². The molecule has 0 aliphatic rings. The molecule has 1 heterocycles. The third kappa shape index (κ3) is 5.10. The van der Waals surface area contributed by atoms with Crippen molar-refractivity contribution in [2.24, 2.45) is 5.92 Å². The summed E-state index contributed by atoms with van der Waals surface area (Å²) < 4.78 is 0. The van der Waals surface area contributed by atoms with Crippen molar-refractivity contribution in [3.63, 3.8) is 0 Å². The Balaban J connectivity index is 2.01. The molecular weight excluding hydrogens is 200 g/mol. The van der Waals surface area contributed by atoms with Crippen molar-refractivity contribution >= 4 is 5.78 Å². The number of carbonyl (C=O) groups excluding carboxylic acids is 1. The standard InChI is InChI=1S/C13H22N2O/c1-11(2)7-5-3-4-6-8-12(16)13-14-9-10-15-13/h9-11H,3-8H2,1-2H3,(H,14,15). The number of aromatic amines is 1. The topological polar surface area (TPSA) is 45.8 Å². The lowest BCUT2D eigenvalue weighted by Gasteiger charge is -2.03. The predicted molar refractivity (Wildman–Crippen MR) is 65.5 cm³/mol. The van der Waals surface area contributed by atoms with Crippen LogP contribution in [-0.4, -0.2) is 15.8 Å². The van der Waals surface area contributed by atoms with Crippen LogP contribution in [0.5, 0.6) is 0 Å². The molecule has 0 bridgehead atoms. The molecule has 1 N–H and O–H groups in total. The Bertz CT molecular complexity index is 291. The fourth-order valence-electron chi connectivity index (χ4n) is 1.73.